The highest BCUT2D eigenvalue weighted by molar-refractivity contribution is 5.95. The van der Waals surface area contributed by atoms with Gasteiger partial charge >= 0.3 is 5.97 Å². The van der Waals surface area contributed by atoms with Gasteiger partial charge in [-0.25, -0.2) is 13.6 Å². The third-order valence-corrected chi connectivity index (χ3v) is 3.04. The summed E-state index contributed by atoms with van der Waals surface area (Å²) in [5, 5.41) is 2.23. The zero-order valence-corrected chi connectivity index (χ0v) is 11.4. The highest BCUT2D eigenvalue weighted by Gasteiger charge is 2.28. The first kappa shape index (κ1) is 15.4. The van der Waals surface area contributed by atoms with E-state index in [1.54, 1.807) is 0 Å². The molecule has 0 saturated carbocycles. The van der Waals surface area contributed by atoms with E-state index in [4.69, 9.17) is 9.47 Å². The number of esters is 1. The van der Waals surface area contributed by atoms with Crippen LogP contribution < -0.4 is 5.32 Å². The molecule has 1 N–H and O–H groups in total. The zero-order valence-electron chi connectivity index (χ0n) is 11.4. The van der Waals surface area contributed by atoms with Crippen LogP contribution in [0.5, 0.6) is 0 Å². The lowest BCUT2D eigenvalue weighted by Gasteiger charge is -2.16. The molecule has 0 aliphatic carbocycles. The zero-order chi connectivity index (χ0) is 15.4. The normalized spacial score (nSPS) is 19.1. The van der Waals surface area contributed by atoms with E-state index in [2.05, 4.69) is 5.32 Å². The maximum atomic E-state index is 13.4. The fraction of sp³-hybridized carbons (Fsp3) is 0.429. The number of hydrogen-bond donors (Lipinski definition) is 1. The van der Waals surface area contributed by atoms with Crippen LogP contribution in [0.1, 0.15) is 19.8 Å². The van der Waals surface area contributed by atoms with Gasteiger partial charge in [0, 0.05) is 12.7 Å². The number of nitrogens with one attached hydrogen (secondary N) is 1. The number of carbonyl (C=O) groups excluding carboxylic acids is 2. The number of hydrogen-bond acceptors (Lipinski definition) is 4. The Hall–Kier alpha value is -2.02. The van der Waals surface area contributed by atoms with Crippen molar-refractivity contribution in [1.29, 1.82) is 0 Å². The fourth-order valence-electron chi connectivity index (χ4n) is 1.89. The smallest absolute Gasteiger partial charge is 0.336 e. The van der Waals surface area contributed by atoms with Crippen LogP contribution in [0.3, 0.4) is 0 Å². The van der Waals surface area contributed by atoms with Crippen molar-refractivity contribution < 1.29 is 27.8 Å². The monoisotopic (exact) mass is 299 g/mol. The van der Waals surface area contributed by atoms with Crippen molar-refractivity contribution >= 4 is 17.6 Å². The minimum atomic E-state index is -1.11. The number of benzene rings is 1. The van der Waals surface area contributed by atoms with Gasteiger partial charge in [0.05, 0.1) is 5.69 Å². The van der Waals surface area contributed by atoms with Crippen LogP contribution in [0.4, 0.5) is 14.5 Å². The molecule has 0 spiro atoms. The maximum absolute atomic E-state index is 13.4. The summed E-state index contributed by atoms with van der Waals surface area (Å²) in [5.74, 6) is -2.97. The van der Waals surface area contributed by atoms with Crippen molar-refractivity contribution in [2.45, 2.75) is 32.0 Å². The topological polar surface area (TPSA) is 64.6 Å². The largest absolute Gasteiger partial charge is 0.451 e. The first-order chi connectivity index (χ1) is 9.97. The molecule has 0 bridgehead atoms. The van der Waals surface area contributed by atoms with Crippen molar-refractivity contribution in [1.82, 2.24) is 0 Å². The van der Waals surface area contributed by atoms with Crippen LogP contribution in [-0.2, 0) is 19.1 Å². The van der Waals surface area contributed by atoms with E-state index in [0.29, 0.717) is 19.1 Å². The van der Waals surface area contributed by atoms with E-state index in [1.807, 2.05) is 0 Å². The highest BCUT2D eigenvalue weighted by Crippen LogP contribution is 2.17. The van der Waals surface area contributed by atoms with Crippen molar-refractivity contribution in [2.24, 2.45) is 0 Å². The molecule has 5 nitrogen and oxygen atoms in total. The molecular weight excluding hydrogens is 284 g/mol. The maximum Gasteiger partial charge on any atom is 0.336 e. The van der Waals surface area contributed by atoms with Gasteiger partial charge in [-0.05, 0) is 31.9 Å². The molecule has 1 heterocycles. The SMILES string of the molecule is C[C@H](OC(=O)[C@H]1CCCO1)C(=O)Nc1ccc(F)cc1F. The molecule has 1 fully saturated rings. The van der Waals surface area contributed by atoms with Crippen LogP contribution in [-0.4, -0.2) is 30.7 Å². The van der Waals surface area contributed by atoms with E-state index >= 15 is 0 Å². The number of halogens is 2. The average Bonchev–Trinajstić information content (AvgIpc) is 2.95. The van der Waals surface area contributed by atoms with Crippen molar-refractivity contribution in [3.05, 3.63) is 29.8 Å². The second kappa shape index (κ2) is 6.62. The summed E-state index contributed by atoms with van der Waals surface area (Å²) in [4.78, 5) is 23.5. The summed E-state index contributed by atoms with van der Waals surface area (Å²) in [5.41, 5.74) is -0.179. The highest BCUT2D eigenvalue weighted by atomic mass is 19.1. The molecule has 7 heteroatoms. The molecule has 1 aromatic carbocycles. The second-order valence-electron chi connectivity index (χ2n) is 4.69. The lowest BCUT2D eigenvalue weighted by molar-refractivity contribution is -0.162. The summed E-state index contributed by atoms with van der Waals surface area (Å²) in [6.07, 6.45) is -0.435. The number of amides is 1. The Balaban J connectivity index is 1.91. The predicted octanol–water partition coefficient (Wildman–Crippen LogP) is 2.01. The third-order valence-electron chi connectivity index (χ3n) is 3.04. The summed E-state index contributed by atoms with van der Waals surface area (Å²) in [6.45, 7) is 1.85. The molecular formula is C14H15F2NO4. The van der Waals surface area contributed by atoms with Gasteiger partial charge in [0.15, 0.2) is 12.2 Å². The molecule has 1 amide bonds. The van der Waals surface area contributed by atoms with Crippen LogP contribution in [0.25, 0.3) is 0 Å². The van der Waals surface area contributed by atoms with Gasteiger partial charge < -0.3 is 14.8 Å². The molecule has 2 atom stereocenters. The van der Waals surface area contributed by atoms with Gasteiger partial charge in [0.25, 0.3) is 5.91 Å². The van der Waals surface area contributed by atoms with Gasteiger partial charge in [-0.15, -0.1) is 0 Å². The molecule has 1 saturated heterocycles. The van der Waals surface area contributed by atoms with E-state index in [9.17, 15) is 18.4 Å². The van der Waals surface area contributed by atoms with Crippen molar-refractivity contribution in [3.8, 4) is 0 Å². The summed E-state index contributed by atoms with van der Waals surface area (Å²) in [6, 6.07) is 2.76. The lowest BCUT2D eigenvalue weighted by atomic mass is 10.2. The molecule has 114 valence electrons. The minimum absolute atomic E-state index is 0.179. The number of anilines is 1. The van der Waals surface area contributed by atoms with E-state index < -0.39 is 35.7 Å². The minimum Gasteiger partial charge on any atom is -0.451 e. The Morgan fingerprint density at radius 2 is 2.19 bits per heavy atom. The Kier molecular flexibility index (Phi) is 4.85. The van der Waals surface area contributed by atoms with E-state index in [0.717, 1.165) is 18.6 Å². The lowest BCUT2D eigenvalue weighted by Crippen LogP contribution is -2.34. The quantitative estimate of drug-likeness (QED) is 0.864. The third kappa shape index (κ3) is 3.98. The molecule has 0 aromatic heterocycles. The van der Waals surface area contributed by atoms with Crippen LogP contribution in [0, 0.1) is 11.6 Å². The molecule has 2 rings (SSSR count). The summed E-state index contributed by atoms with van der Waals surface area (Å²) in [7, 11) is 0. The van der Waals surface area contributed by atoms with Crippen LogP contribution in [0.2, 0.25) is 0 Å². The summed E-state index contributed by atoms with van der Waals surface area (Å²) >= 11 is 0. The Labute approximate surface area is 120 Å². The van der Waals surface area contributed by atoms with Gasteiger partial charge in [-0.2, -0.15) is 0 Å². The number of ether oxygens (including phenoxy) is 2. The van der Waals surface area contributed by atoms with Gasteiger partial charge in [0.2, 0.25) is 0 Å². The van der Waals surface area contributed by atoms with Crippen LogP contribution in [0.15, 0.2) is 18.2 Å². The fourth-order valence-corrected chi connectivity index (χ4v) is 1.89. The number of carbonyl (C=O) groups is 2. The second-order valence-corrected chi connectivity index (χ2v) is 4.69. The predicted molar refractivity (Wildman–Crippen MR) is 69.5 cm³/mol. The first-order valence-electron chi connectivity index (χ1n) is 6.55. The molecule has 0 unspecified atom stereocenters. The molecule has 21 heavy (non-hydrogen) atoms. The Morgan fingerprint density at radius 1 is 1.43 bits per heavy atom. The molecule has 1 aliphatic heterocycles. The van der Waals surface area contributed by atoms with Crippen LogP contribution >= 0.6 is 0 Å². The average molecular weight is 299 g/mol. The first-order valence-corrected chi connectivity index (χ1v) is 6.55. The molecule has 0 radical (unpaired) electrons. The Morgan fingerprint density at radius 3 is 2.81 bits per heavy atom. The van der Waals surface area contributed by atoms with Crippen molar-refractivity contribution in [2.75, 3.05) is 11.9 Å². The molecule has 1 aromatic rings. The van der Waals surface area contributed by atoms with E-state index in [-0.39, 0.29) is 5.69 Å². The van der Waals surface area contributed by atoms with Gasteiger partial charge in [-0.3, -0.25) is 4.79 Å². The van der Waals surface area contributed by atoms with Crippen molar-refractivity contribution in [3.63, 3.8) is 0 Å². The van der Waals surface area contributed by atoms with E-state index in [1.165, 1.54) is 6.92 Å². The Bertz CT molecular complexity index is 544. The summed E-state index contributed by atoms with van der Waals surface area (Å²) < 4.78 is 36.2. The standard InChI is InChI=1S/C14H15F2NO4/c1-8(21-14(19)12-3-2-6-20-12)13(18)17-11-5-4-9(15)7-10(11)16/h4-5,7-8,12H,2-3,6H2,1H3,(H,17,18)/t8-,12+/m0/s1. The number of rotatable bonds is 4. The van der Waals surface area contributed by atoms with Gasteiger partial charge in [0.1, 0.15) is 11.6 Å². The molecule has 1 aliphatic rings. The van der Waals surface area contributed by atoms with Gasteiger partial charge in [-0.1, -0.05) is 0 Å².